The molecule has 0 bridgehead atoms. The average Bonchev–Trinajstić information content (AvgIpc) is 2.52. The topological polar surface area (TPSA) is 52.0 Å². The highest BCUT2D eigenvalue weighted by Gasteiger charge is 2.14. The van der Waals surface area contributed by atoms with Crippen molar-refractivity contribution in [1.29, 1.82) is 0 Å². The Hall–Kier alpha value is -1.84. The number of anilines is 1. The van der Waals surface area contributed by atoms with Gasteiger partial charge >= 0.3 is 0 Å². The van der Waals surface area contributed by atoms with E-state index in [1.807, 2.05) is 6.92 Å². The number of aromatic nitrogens is 1. The van der Waals surface area contributed by atoms with Crippen molar-refractivity contribution in [3.8, 4) is 11.3 Å². The summed E-state index contributed by atoms with van der Waals surface area (Å²) in [4.78, 5) is 0. The van der Waals surface area contributed by atoms with E-state index in [2.05, 4.69) is 5.16 Å². The van der Waals surface area contributed by atoms with Crippen LogP contribution in [0.3, 0.4) is 0 Å². The predicted octanol–water partition coefficient (Wildman–Crippen LogP) is 2.68. The van der Waals surface area contributed by atoms with Gasteiger partial charge in [0.2, 0.25) is 5.88 Å². The Morgan fingerprint density at radius 1 is 1.33 bits per heavy atom. The minimum Gasteiger partial charge on any atom is -0.367 e. The lowest BCUT2D eigenvalue weighted by atomic mass is 10.1. The number of nitrogen functional groups attached to an aromatic ring is 1. The molecule has 0 amide bonds. The Morgan fingerprint density at radius 3 is 2.67 bits per heavy atom. The molecule has 0 radical (unpaired) electrons. The van der Waals surface area contributed by atoms with Crippen molar-refractivity contribution in [3.63, 3.8) is 0 Å². The van der Waals surface area contributed by atoms with Crippen LogP contribution in [0.4, 0.5) is 10.3 Å². The Labute approximate surface area is 86.7 Å². The molecule has 0 fully saturated rings. The molecular formula is C11H11FN2O. The first-order valence-corrected chi connectivity index (χ1v) is 4.58. The molecule has 0 aliphatic heterocycles. The Kier molecular flexibility index (Phi) is 2.19. The molecular weight excluding hydrogens is 195 g/mol. The van der Waals surface area contributed by atoms with Crippen LogP contribution in [0.1, 0.15) is 11.1 Å². The maximum absolute atomic E-state index is 13.5. The fraction of sp³-hybridized carbons (Fsp3) is 0.182. The fourth-order valence-electron chi connectivity index (χ4n) is 1.42. The van der Waals surface area contributed by atoms with Gasteiger partial charge < -0.3 is 10.3 Å². The minimum absolute atomic E-state index is 0.228. The molecule has 0 aliphatic carbocycles. The summed E-state index contributed by atoms with van der Waals surface area (Å²) in [6, 6.07) is 4.84. The van der Waals surface area contributed by atoms with Crippen molar-refractivity contribution < 1.29 is 8.91 Å². The third-order valence-corrected chi connectivity index (χ3v) is 2.34. The zero-order valence-corrected chi connectivity index (χ0v) is 8.54. The van der Waals surface area contributed by atoms with Gasteiger partial charge in [-0.05, 0) is 26.0 Å². The van der Waals surface area contributed by atoms with Crippen LogP contribution in [-0.2, 0) is 0 Å². The highest BCUT2D eigenvalue weighted by molar-refractivity contribution is 5.67. The summed E-state index contributed by atoms with van der Waals surface area (Å²) < 4.78 is 18.3. The number of nitrogens with two attached hydrogens (primary N) is 1. The smallest absolute Gasteiger partial charge is 0.225 e. The first-order valence-electron chi connectivity index (χ1n) is 4.58. The second-order valence-corrected chi connectivity index (χ2v) is 3.50. The standard InChI is InChI=1S/C11H11FN2O/c1-6-3-4-9(12)8(5-6)10-7(2)11(13)15-14-10/h3-5H,13H2,1-2H3. The highest BCUT2D eigenvalue weighted by atomic mass is 19.1. The molecule has 0 saturated carbocycles. The summed E-state index contributed by atoms with van der Waals surface area (Å²) in [5.74, 6) is -0.0945. The third kappa shape index (κ3) is 1.58. The Balaban J connectivity index is 2.63. The van der Waals surface area contributed by atoms with Crippen LogP contribution in [0.15, 0.2) is 22.7 Å². The number of hydrogen-bond acceptors (Lipinski definition) is 3. The van der Waals surface area contributed by atoms with Crippen LogP contribution >= 0.6 is 0 Å². The lowest BCUT2D eigenvalue weighted by Crippen LogP contribution is -1.89. The van der Waals surface area contributed by atoms with E-state index in [0.717, 1.165) is 5.56 Å². The van der Waals surface area contributed by atoms with Gasteiger partial charge in [0.05, 0.1) is 0 Å². The van der Waals surface area contributed by atoms with E-state index in [4.69, 9.17) is 10.3 Å². The quantitative estimate of drug-likeness (QED) is 0.780. The summed E-state index contributed by atoms with van der Waals surface area (Å²) in [5, 5.41) is 3.75. The van der Waals surface area contributed by atoms with E-state index in [1.54, 1.807) is 19.1 Å². The van der Waals surface area contributed by atoms with Gasteiger partial charge in [-0.1, -0.05) is 16.8 Å². The molecule has 1 aromatic carbocycles. The molecule has 1 heterocycles. The minimum atomic E-state index is -0.322. The van der Waals surface area contributed by atoms with Crippen LogP contribution in [0.25, 0.3) is 11.3 Å². The summed E-state index contributed by atoms with van der Waals surface area (Å²) in [6.45, 7) is 3.64. The summed E-state index contributed by atoms with van der Waals surface area (Å²) >= 11 is 0. The van der Waals surface area contributed by atoms with Gasteiger partial charge in [0.15, 0.2) is 0 Å². The third-order valence-electron chi connectivity index (χ3n) is 2.34. The van der Waals surface area contributed by atoms with Crippen molar-refractivity contribution >= 4 is 5.88 Å². The predicted molar refractivity (Wildman–Crippen MR) is 55.8 cm³/mol. The molecule has 0 unspecified atom stereocenters. The SMILES string of the molecule is Cc1ccc(F)c(-c2noc(N)c2C)c1. The molecule has 2 N–H and O–H groups in total. The number of aryl methyl sites for hydroxylation is 1. The molecule has 4 heteroatoms. The number of halogens is 1. The molecule has 0 saturated heterocycles. The molecule has 0 spiro atoms. The van der Waals surface area contributed by atoms with E-state index >= 15 is 0 Å². The molecule has 78 valence electrons. The first kappa shape index (κ1) is 9.71. The van der Waals surface area contributed by atoms with Crippen LogP contribution in [0, 0.1) is 19.7 Å². The van der Waals surface area contributed by atoms with Gasteiger partial charge in [-0.2, -0.15) is 0 Å². The van der Waals surface area contributed by atoms with Gasteiger partial charge in [0, 0.05) is 11.1 Å². The maximum atomic E-state index is 13.5. The van der Waals surface area contributed by atoms with Crippen molar-refractivity contribution in [3.05, 3.63) is 35.1 Å². The molecule has 1 aromatic heterocycles. The molecule has 15 heavy (non-hydrogen) atoms. The van der Waals surface area contributed by atoms with E-state index in [-0.39, 0.29) is 11.7 Å². The number of nitrogens with zero attached hydrogens (tertiary/aromatic N) is 1. The van der Waals surface area contributed by atoms with Gasteiger partial charge in [0.1, 0.15) is 11.5 Å². The first-order chi connectivity index (χ1) is 7.09. The van der Waals surface area contributed by atoms with Gasteiger partial charge in [-0.25, -0.2) is 4.39 Å². The van der Waals surface area contributed by atoms with Gasteiger partial charge in [-0.15, -0.1) is 0 Å². The summed E-state index contributed by atoms with van der Waals surface area (Å²) in [5.41, 5.74) is 8.04. The maximum Gasteiger partial charge on any atom is 0.225 e. The van der Waals surface area contributed by atoms with Crippen LogP contribution in [0.5, 0.6) is 0 Å². The van der Waals surface area contributed by atoms with Gasteiger partial charge in [0.25, 0.3) is 0 Å². The second-order valence-electron chi connectivity index (χ2n) is 3.50. The molecule has 2 aromatic rings. The Morgan fingerprint density at radius 2 is 2.07 bits per heavy atom. The summed E-state index contributed by atoms with van der Waals surface area (Å²) in [6.07, 6.45) is 0. The summed E-state index contributed by atoms with van der Waals surface area (Å²) in [7, 11) is 0. The molecule has 0 aliphatic rings. The van der Waals surface area contributed by atoms with E-state index in [0.29, 0.717) is 16.8 Å². The fourth-order valence-corrected chi connectivity index (χ4v) is 1.42. The van der Waals surface area contributed by atoms with E-state index in [1.165, 1.54) is 6.07 Å². The van der Waals surface area contributed by atoms with Crippen LogP contribution in [-0.4, -0.2) is 5.16 Å². The lowest BCUT2D eigenvalue weighted by Gasteiger charge is -2.01. The molecule has 3 nitrogen and oxygen atoms in total. The average molecular weight is 206 g/mol. The number of rotatable bonds is 1. The highest BCUT2D eigenvalue weighted by Crippen LogP contribution is 2.28. The van der Waals surface area contributed by atoms with Crippen LogP contribution in [0.2, 0.25) is 0 Å². The monoisotopic (exact) mass is 206 g/mol. The Bertz CT molecular complexity index is 505. The van der Waals surface area contributed by atoms with Gasteiger partial charge in [-0.3, -0.25) is 0 Å². The molecule has 2 rings (SSSR count). The lowest BCUT2D eigenvalue weighted by molar-refractivity contribution is 0.438. The van der Waals surface area contributed by atoms with E-state index in [9.17, 15) is 4.39 Å². The largest absolute Gasteiger partial charge is 0.367 e. The van der Waals surface area contributed by atoms with Crippen LogP contribution < -0.4 is 5.73 Å². The van der Waals surface area contributed by atoms with Crippen molar-refractivity contribution in [2.24, 2.45) is 0 Å². The number of hydrogen-bond donors (Lipinski definition) is 1. The van der Waals surface area contributed by atoms with Crippen molar-refractivity contribution in [2.75, 3.05) is 5.73 Å². The van der Waals surface area contributed by atoms with Crippen molar-refractivity contribution in [1.82, 2.24) is 5.16 Å². The molecule has 0 atom stereocenters. The van der Waals surface area contributed by atoms with E-state index < -0.39 is 0 Å². The zero-order chi connectivity index (χ0) is 11.0. The normalized spacial score (nSPS) is 10.6. The number of benzene rings is 1. The van der Waals surface area contributed by atoms with Crippen molar-refractivity contribution in [2.45, 2.75) is 13.8 Å². The second kappa shape index (κ2) is 3.38. The zero-order valence-electron chi connectivity index (χ0n) is 8.54.